The summed E-state index contributed by atoms with van der Waals surface area (Å²) in [5, 5.41) is 2.93. The van der Waals surface area contributed by atoms with Gasteiger partial charge >= 0.3 is 0 Å². The highest BCUT2D eigenvalue weighted by atomic mass is 19.1. The van der Waals surface area contributed by atoms with Crippen molar-refractivity contribution in [2.75, 3.05) is 64.2 Å². The molecule has 2 aromatic carbocycles. The van der Waals surface area contributed by atoms with E-state index in [9.17, 15) is 4.79 Å². The zero-order valence-electron chi connectivity index (χ0n) is 22.7. The van der Waals surface area contributed by atoms with Crippen LogP contribution in [0.5, 0.6) is 11.5 Å². The SMILES string of the molecule is C=CC(=O)Nc1ccc(N2CCN(C)CC2)cc1C1=NCC2=C1CCC(c1c(F)c(OC)cc(OC)c1F)C2. The van der Waals surface area contributed by atoms with Gasteiger partial charge in [0, 0.05) is 49.1 Å². The van der Waals surface area contributed by atoms with Crippen LogP contribution in [0.2, 0.25) is 0 Å². The fourth-order valence-electron chi connectivity index (χ4n) is 5.77. The number of carbonyl (C=O) groups excluding carboxylic acids is 1. The van der Waals surface area contributed by atoms with Crippen molar-refractivity contribution < 1.29 is 23.0 Å². The number of rotatable bonds is 7. The number of carbonyl (C=O) groups is 1. The van der Waals surface area contributed by atoms with Gasteiger partial charge in [-0.25, -0.2) is 8.78 Å². The second-order valence-corrected chi connectivity index (χ2v) is 10.2. The molecule has 1 saturated heterocycles. The maximum Gasteiger partial charge on any atom is 0.247 e. The molecule has 1 N–H and O–H groups in total. The molecule has 5 rings (SSSR count). The van der Waals surface area contributed by atoms with E-state index in [2.05, 4.69) is 34.8 Å². The largest absolute Gasteiger partial charge is 0.494 e. The summed E-state index contributed by atoms with van der Waals surface area (Å²) in [6.45, 7) is 7.82. The summed E-state index contributed by atoms with van der Waals surface area (Å²) in [7, 11) is 4.84. The van der Waals surface area contributed by atoms with Gasteiger partial charge in [0.15, 0.2) is 23.1 Å². The van der Waals surface area contributed by atoms with Crippen LogP contribution in [0.15, 0.2) is 53.1 Å². The number of ether oxygens (including phenoxy) is 2. The minimum absolute atomic E-state index is 0.00204. The van der Waals surface area contributed by atoms with E-state index in [1.165, 1.54) is 26.4 Å². The van der Waals surface area contributed by atoms with Crippen molar-refractivity contribution in [2.24, 2.45) is 4.99 Å². The molecule has 1 atom stereocenters. The lowest BCUT2D eigenvalue weighted by Gasteiger charge is -2.34. The molecule has 2 heterocycles. The lowest BCUT2D eigenvalue weighted by atomic mass is 9.78. The molecule has 2 aromatic rings. The lowest BCUT2D eigenvalue weighted by Crippen LogP contribution is -2.44. The van der Waals surface area contributed by atoms with Gasteiger partial charge in [0.25, 0.3) is 0 Å². The summed E-state index contributed by atoms with van der Waals surface area (Å²) in [5.74, 6) is -2.09. The van der Waals surface area contributed by atoms with Crippen LogP contribution in [-0.4, -0.2) is 70.5 Å². The topological polar surface area (TPSA) is 66.4 Å². The van der Waals surface area contributed by atoms with E-state index in [1.807, 2.05) is 12.1 Å². The molecule has 206 valence electrons. The molecule has 0 saturated carbocycles. The Morgan fingerprint density at radius 2 is 1.79 bits per heavy atom. The van der Waals surface area contributed by atoms with E-state index in [1.54, 1.807) is 0 Å². The fraction of sp³-hybridized carbons (Fsp3) is 0.400. The highest BCUT2D eigenvalue weighted by Crippen LogP contribution is 2.45. The molecule has 39 heavy (non-hydrogen) atoms. The predicted molar refractivity (Wildman–Crippen MR) is 149 cm³/mol. The molecule has 0 bridgehead atoms. The molecule has 7 nitrogen and oxygen atoms in total. The first-order valence-corrected chi connectivity index (χ1v) is 13.2. The van der Waals surface area contributed by atoms with Gasteiger partial charge in [0.2, 0.25) is 5.91 Å². The molecule has 1 aliphatic carbocycles. The number of hydrogen-bond donors (Lipinski definition) is 1. The Balaban J connectivity index is 1.48. The number of nitrogens with one attached hydrogen (secondary N) is 1. The highest BCUT2D eigenvalue weighted by molar-refractivity contribution is 6.19. The smallest absolute Gasteiger partial charge is 0.247 e. The Labute approximate surface area is 227 Å². The second kappa shape index (κ2) is 11.2. The normalized spacial score (nSPS) is 19.5. The minimum Gasteiger partial charge on any atom is -0.494 e. The molecule has 1 unspecified atom stereocenters. The Hall–Kier alpha value is -3.72. The zero-order valence-corrected chi connectivity index (χ0v) is 22.7. The van der Waals surface area contributed by atoms with E-state index in [-0.39, 0.29) is 28.9 Å². The second-order valence-electron chi connectivity index (χ2n) is 10.2. The van der Waals surface area contributed by atoms with Gasteiger partial charge in [-0.3, -0.25) is 9.79 Å². The van der Waals surface area contributed by atoms with E-state index < -0.39 is 11.6 Å². The number of benzene rings is 2. The van der Waals surface area contributed by atoms with Gasteiger partial charge in [-0.2, -0.15) is 0 Å². The van der Waals surface area contributed by atoms with Crippen LogP contribution in [0.3, 0.4) is 0 Å². The molecular formula is C30H34F2N4O3. The number of aliphatic imine (C=N–C) groups is 1. The lowest BCUT2D eigenvalue weighted by molar-refractivity contribution is -0.111. The first kappa shape index (κ1) is 26.9. The summed E-state index contributed by atoms with van der Waals surface area (Å²) in [6, 6.07) is 7.28. The molecule has 1 fully saturated rings. The van der Waals surface area contributed by atoms with Crippen LogP contribution < -0.4 is 19.7 Å². The van der Waals surface area contributed by atoms with Crippen LogP contribution in [-0.2, 0) is 4.79 Å². The molecule has 0 spiro atoms. The average molecular weight is 537 g/mol. The first-order chi connectivity index (χ1) is 18.8. The van der Waals surface area contributed by atoms with Crippen LogP contribution in [0.25, 0.3) is 0 Å². The third-order valence-electron chi connectivity index (χ3n) is 7.96. The molecular weight excluding hydrogens is 502 g/mol. The Morgan fingerprint density at radius 3 is 2.44 bits per heavy atom. The molecule has 3 aliphatic rings. The van der Waals surface area contributed by atoms with Crippen molar-refractivity contribution in [1.82, 2.24) is 4.90 Å². The van der Waals surface area contributed by atoms with Crippen LogP contribution in [0.4, 0.5) is 20.2 Å². The number of amides is 1. The number of piperazine rings is 1. The van der Waals surface area contributed by atoms with E-state index in [0.29, 0.717) is 31.5 Å². The standard InChI is InChI=1S/C30H34F2N4O3/c1-5-26(37)34-23-9-7-20(36-12-10-35(2)11-13-36)15-22(23)30-21-8-6-18(14-19(21)17-33-30)27-28(31)24(38-3)16-25(39-4)29(27)32/h5,7,9,15-16,18H,1,6,8,10-14,17H2,2-4H3,(H,34,37). The fourth-order valence-corrected chi connectivity index (χ4v) is 5.77. The summed E-state index contributed by atoms with van der Waals surface area (Å²) < 4.78 is 40.8. The van der Waals surface area contributed by atoms with Gasteiger partial charge in [0.1, 0.15) is 0 Å². The Kier molecular flexibility index (Phi) is 7.70. The van der Waals surface area contributed by atoms with Gasteiger partial charge in [-0.1, -0.05) is 6.58 Å². The molecule has 0 aromatic heterocycles. The highest BCUT2D eigenvalue weighted by Gasteiger charge is 2.34. The number of likely N-dealkylation sites (N-methyl/N-ethyl adjacent to an activating group) is 1. The molecule has 1 amide bonds. The quantitative estimate of drug-likeness (QED) is 0.509. The average Bonchev–Trinajstić information content (AvgIpc) is 3.37. The van der Waals surface area contributed by atoms with Crippen LogP contribution in [0, 0.1) is 11.6 Å². The number of nitrogens with zero attached hydrogens (tertiary/aromatic N) is 3. The number of hydrogen-bond acceptors (Lipinski definition) is 6. The molecule has 2 aliphatic heterocycles. The summed E-state index contributed by atoms with van der Waals surface area (Å²) in [4.78, 5) is 21.8. The molecule has 9 heteroatoms. The monoisotopic (exact) mass is 536 g/mol. The van der Waals surface area contributed by atoms with Gasteiger partial charge in [-0.05, 0) is 67.6 Å². The zero-order chi connectivity index (χ0) is 27.7. The Bertz CT molecular complexity index is 1330. The van der Waals surface area contributed by atoms with Crippen LogP contribution >= 0.6 is 0 Å². The van der Waals surface area contributed by atoms with Gasteiger partial charge in [-0.15, -0.1) is 0 Å². The van der Waals surface area contributed by atoms with Crippen molar-refractivity contribution in [1.29, 1.82) is 0 Å². The van der Waals surface area contributed by atoms with Crippen molar-refractivity contribution in [2.45, 2.75) is 25.2 Å². The van der Waals surface area contributed by atoms with Crippen molar-refractivity contribution >= 4 is 23.0 Å². The third kappa shape index (κ3) is 5.15. The van der Waals surface area contributed by atoms with Crippen LogP contribution in [0.1, 0.15) is 36.3 Å². The van der Waals surface area contributed by atoms with Gasteiger partial charge < -0.3 is 24.6 Å². The first-order valence-electron chi connectivity index (χ1n) is 13.2. The number of allylic oxidation sites excluding steroid dienone is 1. The van der Waals surface area contributed by atoms with Crippen molar-refractivity contribution in [3.63, 3.8) is 0 Å². The number of halogens is 2. The molecule has 0 radical (unpaired) electrons. The Morgan fingerprint density at radius 1 is 1.10 bits per heavy atom. The van der Waals surface area contributed by atoms with Crippen molar-refractivity contribution in [3.8, 4) is 11.5 Å². The van der Waals surface area contributed by atoms with E-state index in [4.69, 9.17) is 14.5 Å². The third-order valence-corrected chi connectivity index (χ3v) is 7.96. The predicted octanol–water partition coefficient (Wildman–Crippen LogP) is 4.93. The maximum absolute atomic E-state index is 15.3. The summed E-state index contributed by atoms with van der Waals surface area (Å²) in [6.07, 6.45) is 2.90. The summed E-state index contributed by atoms with van der Waals surface area (Å²) >= 11 is 0. The van der Waals surface area contributed by atoms with E-state index >= 15 is 8.78 Å². The number of methoxy groups -OCH3 is 2. The minimum atomic E-state index is -0.682. The van der Waals surface area contributed by atoms with Gasteiger partial charge in [0.05, 0.1) is 32.2 Å². The van der Waals surface area contributed by atoms with Crippen molar-refractivity contribution in [3.05, 3.63) is 70.8 Å². The maximum atomic E-state index is 15.3. The van der Waals surface area contributed by atoms with E-state index in [0.717, 1.165) is 54.3 Å². The summed E-state index contributed by atoms with van der Waals surface area (Å²) in [5.41, 5.74) is 5.59. The number of anilines is 2.